The molecule has 0 saturated carbocycles. The number of para-hydroxylation sites is 2. The van der Waals surface area contributed by atoms with Crippen LogP contribution < -0.4 is 19.5 Å². The minimum Gasteiger partial charge on any atom is -0.496 e. The Kier molecular flexibility index (Phi) is 5.03. The van der Waals surface area contributed by atoms with Crippen molar-refractivity contribution in [2.45, 2.75) is 25.5 Å². The highest BCUT2D eigenvalue weighted by Crippen LogP contribution is 2.32. The van der Waals surface area contributed by atoms with Gasteiger partial charge in [0, 0.05) is 12.1 Å². The monoisotopic (exact) mass is 313 g/mol. The van der Waals surface area contributed by atoms with Crippen LogP contribution in [0.2, 0.25) is 0 Å². The summed E-state index contributed by atoms with van der Waals surface area (Å²) >= 11 is 0. The third-order valence-corrected chi connectivity index (χ3v) is 4.03. The van der Waals surface area contributed by atoms with Gasteiger partial charge in [0.05, 0.1) is 7.11 Å². The Labute approximate surface area is 137 Å². The number of ether oxygens (including phenoxy) is 3. The van der Waals surface area contributed by atoms with Crippen molar-refractivity contribution in [2.75, 3.05) is 20.8 Å². The standard InChI is InChI=1S/C19H23NO3/c1-20-12-15-11-14(8-10-17(15)21-2)7-9-16-13-22-18-5-3-4-6-19(18)23-16/h3-6,8,10-11,16,20H,7,9,12-13H2,1-2H3/t16-/m0/s1. The molecule has 0 spiro atoms. The average Bonchev–Trinajstić information content (AvgIpc) is 2.60. The van der Waals surface area contributed by atoms with Gasteiger partial charge in [-0.25, -0.2) is 0 Å². The third kappa shape index (κ3) is 3.77. The Morgan fingerprint density at radius 1 is 1.17 bits per heavy atom. The molecule has 122 valence electrons. The van der Waals surface area contributed by atoms with Crippen molar-refractivity contribution >= 4 is 0 Å². The number of fused-ring (bicyclic) bond motifs is 1. The quantitative estimate of drug-likeness (QED) is 0.889. The highest BCUT2D eigenvalue weighted by atomic mass is 16.6. The van der Waals surface area contributed by atoms with E-state index < -0.39 is 0 Å². The van der Waals surface area contributed by atoms with E-state index in [-0.39, 0.29) is 6.10 Å². The van der Waals surface area contributed by atoms with Crippen LogP contribution in [0.3, 0.4) is 0 Å². The van der Waals surface area contributed by atoms with E-state index in [1.54, 1.807) is 7.11 Å². The third-order valence-electron chi connectivity index (χ3n) is 4.03. The second kappa shape index (κ2) is 7.38. The summed E-state index contributed by atoms with van der Waals surface area (Å²) in [7, 11) is 3.65. The van der Waals surface area contributed by atoms with Crippen LogP contribution in [0, 0.1) is 0 Å². The Morgan fingerprint density at radius 2 is 2.00 bits per heavy atom. The van der Waals surface area contributed by atoms with Crippen LogP contribution in [0.15, 0.2) is 42.5 Å². The van der Waals surface area contributed by atoms with Crippen molar-refractivity contribution in [3.05, 3.63) is 53.6 Å². The molecule has 3 rings (SSSR count). The fraction of sp³-hybridized carbons (Fsp3) is 0.368. The van der Waals surface area contributed by atoms with E-state index in [1.807, 2.05) is 37.4 Å². The van der Waals surface area contributed by atoms with E-state index in [2.05, 4.69) is 17.4 Å². The van der Waals surface area contributed by atoms with Gasteiger partial charge in [0.1, 0.15) is 18.5 Å². The van der Waals surface area contributed by atoms with Gasteiger partial charge in [-0.1, -0.05) is 24.3 Å². The second-order valence-electron chi connectivity index (χ2n) is 5.71. The van der Waals surface area contributed by atoms with E-state index in [0.29, 0.717) is 6.61 Å². The van der Waals surface area contributed by atoms with E-state index in [0.717, 1.165) is 36.6 Å². The molecule has 4 nitrogen and oxygen atoms in total. The predicted molar refractivity (Wildman–Crippen MR) is 90.4 cm³/mol. The van der Waals surface area contributed by atoms with Crippen LogP contribution >= 0.6 is 0 Å². The van der Waals surface area contributed by atoms with Gasteiger partial charge >= 0.3 is 0 Å². The molecule has 1 N–H and O–H groups in total. The van der Waals surface area contributed by atoms with Crippen molar-refractivity contribution in [3.8, 4) is 17.2 Å². The van der Waals surface area contributed by atoms with Crippen LogP contribution in [0.5, 0.6) is 17.2 Å². The number of methoxy groups -OCH3 is 1. The first-order chi connectivity index (χ1) is 11.3. The van der Waals surface area contributed by atoms with Crippen LogP contribution in [0.25, 0.3) is 0 Å². The smallest absolute Gasteiger partial charge is 0.161 e. The van der Waals surface area contributed by atoms with Gasteiger partial charge in [-0.05, 0) is 43.7 Å². The molecule has 0 radical (unpaired) electrons. The lowest BCUT2D eigenvalue weighted by Gasteiger charge is -2.26. The summed E-state index contributed by atoms with van der Waals surface area (Å²) in [4.78, 5) is 0. The first-order valence-corrected chi connectivity index (χ1v) is 7.99. The zero-order valence-electron chi connectivity index (χ0n) is 13.7. The molecule has 1 atom stereocenters. The number of aryl methyl sites for hydroxylation is 1. The number of rotatable bonds is 6. The molecule has 2 aromatic rings. The van der Waals surface area contributed by atoms with E-state index in [9.17, 15) is 0 Å². The molecule has 4 heteroatoms. The maximum absolute atomic E-state index is 6.01. The van der Waals surface area contributed by atoms with Gasteiger partial charge in [0.2, 0.25) is 0 Å². The van der Waals surface area contributed by atoms with Crippen molar-refractivity contribution < 1.29 is 14.2 Å². The minimum atomic E-state index is 0.0970. The van der Waals surface area contributed by atoms with Gasteiger partial charge in [-0.2, -0.15) is 0 Å². The summed E-state index contributed by atoms with van der Waals surface area (Å²) < 4.78 is 17.2. The molecule has 0 amide bonds. The first-order valence-electron chi connectivity index (χ1n) is 7.99. The summed E-state index contributed by atoms with van der Waals surface area (Å²) in [6, 6.07) is 14.2. The Morgan fingerprint density at radius 3 is 2.78 bits per heavy atom. The minimum absolute atomic E-state index is 0.0970. The highest BCUT2D eigenvalue weighted by molar-refractivity contribution is 5.41. The van der Waals surface area contributed by atoms with Gasteiger partial charge in [0.25, 0.3) is 0 Å². The molecule has 23 heavy (non-hydrogen) atoms. The normalized spacial score (nSPS) is 16.2. The van der Waals surface area contributed by atoms with Crippen molar-refractivity contribution in [2.24, 2.45) is 0 Å². The summed E-state index contributed by atoms with van der Waals surface area (Å²) in [5.41, 5.74) is 2.47. The summed E-state index contributed by atoms with van der Waals surface area (Å²) in [5, 5.41) is 3.18. The zero-order valence-corrected chi connectivity index (χ0v) is 13.7. The summed E-state index contributed by atoms with van der Waals surface area (Å²) in [6.45, 7) is 1.41. The van der Waals surface area contributed by atoms with E-state index in [4.69, 9.17) is 14.2 Å². The number of hydrogen-bond acceptors (Lipinski definition) is 4. The molecular weight excluding hydrogens is 290 g/mol. The van der Waals surface area contributed by atoms with Crippen LogP contribution in [0.4, 0.5) is 0 Å². The molecule has 0 aliphatic carbocycles. The average molecular weight is 313 g/mol. The lowest BCUT2D eigenvalue weighted by Crippen LogP contribution is -2.29. The lowest BCUT2D eigenvalue weighted by atomic mass is 10.0. The molecule has 0 saturated heterocycles. The number of benzene rings is 2. The maximum Gasteiger partial charge on any atom is 0.161 e. The Bertz CT molecular complexity index is 657. The predicted octanol–water partition coefficient (Wildman–Crippen LogP) is 3.19. The molecule has 2 aromatic carbocycles. The Balaban J connectivity index is 1.62. The van der Waals surface area contributed by atoms with Crippen LogP contribution in [0.1, 0.15) is 17.5 Å². The molecule has 1 aliphatic heterocycles. The van der Waals surface area contributed by atoms with Crippen molar-refractivity contribution in [1.29, 1.82) is 0 Å². The zero-order chi connectivity index (χ0) is 16.1. The van der Waals surface area contributed by atoms with E-state index >= 15 is 0 Å². The molecular formula is C19H23NO3. The molecule has 1 aliphatic rings. The highest BCUT2D eigenvalue weighted by Gasteiger charge is 2.20. The number of hydrogen-bond donors (Lipinski definition) is 1. The summed E-state index contributed by atoms with van der Waals surface area (Å²) in [5.74, 6) is 2.60. The van der Waals surface area contributed by atoms with Crippen LogP contribution in [-0.4, -0.2) is 26.9 Å². The van der Waals surface area contributed by atoms with Gasteiger partial charge in [0.15, 0.2) is 11.5 Å². The Hall–Kier alpha value is -2.20. The summed E-state index contributed by atoms with van der Waals surface area (Å²) in [6.07, 6.45) is 1.98. The lowest BCUT2D eigenvalue weighted by molar-refractivity contribution is 0.0851. The van der Waals surface area contributed by atoms with Gasteiger partial charge in [-0.3, -0.25) is 0 Å². The molecule has 0 fully saturated rings. The van der Waals surface area contributed by atoms with Crippen molar-refractivity contribution in [1.82, 2.24) is 5.32 Å². The van der Waals surface area contributed by atoms with Gasteiger partial charge < -0.3 is 19.5 Å². The maximum atomic E-state index is 6.01. The van der Waals surface area contributed by atoms with Crippen molar-refractivity contribution in [3.63, 3.8) is 0 Å². The second-order valence-corrected chi connectivity index (χ2v) is 5.71. The molecule has 0 bridgehead atoms. The number of nitrogens with one attached hydrogen (secondary N) is 1. The fourth-order valence-corrected chi connectivity index (χ4v) is 2.85. The fourth-order valence-electron chi connectivity index (χ4n) is 2.85. The SMILES string of the molecule is CNCc1cc(CC[C@H]2COc3ccccc3O2)ccc1OC. The molecule has 0 aromatic heterocycles. The molecule has 0 unspecified atom stereocenters. The first kappa shape index (κ1) is 15.7. The molecule has 1 heterocycles. The largest absolute Gasteiger partial charge is 0.496 e. The van der Waals surface area contributed by atoms with Gasteiger partial charge in [-0.15, -0.1) is 0 Å². The van der Waals surface area contributed by atoms with Crippen LogP contribution in [-0.2, 0) is 13.0 Å². The topological polar surface area (TPSA) is 39.7 Å². The van der Waals surface area contributed by atoms with E-state index in [1.165, 1.54) is 11.1 Å².